The molecule has 2 aliphatic carbocycles. The third kappa shape index (κ3) is 5.58. The number of rotatable bonds is 7. The summed E-state index contributed by atoms with van der Waals surface area (Å²) < 4.78 is 41.6. The average molecular weight is 443 g/mol. The summed E-state index contributed by atoms with van der Waals surface area (Å²) in [6, 6.07) is 10.4. The van der Waals surface area contributed by atoms with E-state index in [0.29, 0.717) is 11.8 Å². The summed E-state index contributed by atoms with van der Waals surface area (Å²) in [5.41, 5.74) is 3.00. The molecule has 0 saturated heterocycles. The van der Waals surface area contributed by atoms with Crippen molar-refractivity contribution in [3.05, 3.63) is 70.5 Å². The maximum atomic E-state index is 14.8. The van der Waals surface area contributed by atoms with Crippen LogP contribution in [0.2, 0.25) is 0 Å². The van der Waals surface area contributed by atoms with Gasteiger partial charge < -0.3 is 0 Å². The zero-order valence-corrected chi connectivity index (χ0v) is 19.4. The Morgan fingerprint density at radius 3 is 1.91 bits per heavy atom. The first-order chi connectivity index (χ1) is 15.5. The highest BCUT2D eigenvalue weighted by molar-refractivity contribution is 5.28. The van der Waals surface area contributed by atoms with Crippen LogP contribution >= 0.6 is 0 Å². The molecule has 0 spiro atoms. The fourth-order valence-electron chi connectivity index (χ4n) is 6.23. The van der Waals surface area contributed by atoms with Gasteiger partial charge in [-0.1, -0.05) is 38.0 Å². The molecule has 0 N–H and O–H groups in total. The summed E-state index contributed by atoms with van der Waals surface area (Å²) in [6.07, 6.45) is 13.5. The van der Waals surface area contributed by atoms with Gasteiger partial charge in [-0.3, -0.25) is 0 Å². The monoisotopic (exact) mass is 442 g/mol. The van der Waals surface area contributed by atoms with Crippen LogP contribution in [0.25, 0.3) is 0 Å². The Bertz CT molecular complexity index is 874. The smallest absolute Gasteiger partial charge is 0.159 e. The SMILES string of the molecule is CCCCCc1ccc(C2CCC(C3CCC(c4ccc(F)c(F)c4)CC3)CC2)c(F)c1. The van der Waals surface area contributed by atoms with Crippen LogP contribution in [0.15, 0.2) is 36.4 Å². The predicted octanol–water partition coefficient (Wildman–Crippen LogP) is 9.08. The molecule has 0 aromatic heterocycles. The predicted molar refractivity (Wildman–Crippen MR) is 125 cm³/mol. The Hall–Kier alpha value is -1.77. The molecule has 0 bridgehead atoms. The second-order valence-corrected chi connectivity index (χ2v) is 10.2. The Balaban J connectivity index is 1.27. The number of halogens is 3. The van der Waals surface area contributed by atoms with Crippen LogP contribution in [0.3, 0.4) is 0 Å². The molecule has 0 radical (unpaired) electrons. The van der Waals surface area contributed by atoms with Gasteiger partial charge in [0.2, 0.25) is 0 Å². The van der Waals surface area contributed by atoms with Gasteiger partial charge in [-0.15, -0.1) is 0 Å². The summed E-state index contributed by atoms with van der Waals surface area (Å²) in [6.45, 7) is 2.19. The van der Waals surface area contributed by atoms with Crippen molar-refractivity contribution in [3.63, 3.8) is 0 Å². The van der Waals surface area contributed by atoms with Gasteiger partial charge in [0.1, 0.15) is 5.82 Å². The van der Waals surface area contributed by atoms with Gasteiger partial charge in [-0.25, -0.2) is 13.2 Å². The van der Waals surface area contributed by atoms with Gasteiger partial charge in [0.05, 0.1) is 0 Å². The minimum Gasteiger partial charge on any atom is -0.207 e. The molecule has 2 saturated carbocycles. The molecule has 4 rings (SSSR count). The fraction of sp³-hybridized carbons (Fsp3) is 0.586. The van der Waals surface area contributed by atoms with E-state index in [2.05, 4.69) is 19.1 Å². The molecular weight excluding hydrogens is 405 g/mol. The lowest BCUT2D eigenvalue weighted by Gasteiger charge is -2.38. The molecule has 174 valence electrons. The summed E-state index contributed by atoms with van der Waals surface area (Å²) in [5.74, 6) is 0.661. The fourth-order valence-corrected chi connectivity index (χ4v) is 6.23. The van der Waals surface area contributed by atoms with E-state index in [1.165, 1.54) is 50.7 Å². The van der Waals surface area contributed by atoms with Crippen molar-refractivity contribution in [3.8, 4) is 0 Å². The van der Waals surface area contributed by atoms with Gasteiger partial charge in [-0.2, -0.15) is 0 Å². The lowest BCUT2D eigenvalue weighted by atomic mass is 9.67. The van der Waals surface area contributed by atoms with Crippen LogP contribution in [-0.2, 0) is 6.42 Å². The van der Waals surface area contributed by atoms with E-state index in [4.69, 9.17) is 0 Å². The molecule has 2 fully saturated rings. The van der Waals surface area contributed by atoms with Gasteiger partial charge in [0, 0.05) is 0 Å². The van der Waals surface area contributed by atoms with Crippen LogP contribution in [0.5, 0.6) is 0 Å². The molecule has 0 aliphatic heterocycles. The Labute approximate surface area is 191 Å². The number of benzene rings is 2. The Morgan fingerprint density at radius 1 is 0.656 bits per heavy atom. The Kier molecular flexibility index (Phi) is 7.97. The number of unbranched alkanes of at least 4 members (excludes halogenated alkanes) is 2. The van der Waals surface area contributed by atoms with Crippen LogP contribution < -0.4 is 0 Å². The molecule has 0 amide bonds. The largest absolute Gasteiger partial charge is 0.207 e. The quantitative estimate of drug-likeness (QED) is 0.375. The molecule has 2 aromatic carbocycles. The van der Waals surface area contributed by atoms with Crippen molar-refractivity contribution < 1.29 is 13.2 Å². The third-order valence-electron chi connectivity index (χ3n) is 8.20. The number of hydrogen-bond acceptors (Lipinski definition) is 0. The summed E-state index contributed by atoms with van der Waals surface area (Å²) >= 11 is 0. The van der Waals surface area contributed by atoms with E-state index in [0.717, 1.165) is 67.1 Å². The van der Waals surface area contributed by atoms with Crippen molar-refractivity contribution in [1.29, 1.82) is 0 Å². The van der Waals surface area contributed by atoms with Crippen molar-refractivity contribution in [1.82, 2.24) is 0 Å². The molecule has 0 heterocycles. The maximum absolute atomic E-state index is 14.8. The lowest BCUT2D eigenvalue weighted by molar-refractivity contribution is 0.176. The van der Waals surface area contributed by atoms with Gasteiger partial charge in [0.25, 0.3) is 0 Å². The minimum atomic E-state index is -0.762. The summed E-state index contributed by atoms with van der Waals surface area (Å²) in [4.78, 5) is 0. The van der Waals surface area contributed by atoms with E-state index in [1.807, 2.05) is 0 Å². The van der Waals surface area contributed by atoms with Crippen LogP contribution in [0.1, 0.15) is 106 Å². The zero-order chi connectivity index (χ0) is 22.5. The van der Waals surface area contributed by atoms with Crippen LogP contribution in [-0.4, -0.2) is 0 Å². The highest BCUT2D eigenvalue weighted by Gasteiger charge is 2.32. The van der Waals surface area contributed by atoms with Crippen molar-refractivity contribution in [2.24, 2.45) is 11.8 Å². The third-order valence-corrected chi connectivity index (χ3v) is 8.20. The normalized spacial score (nSPS) is 26.2. The molecule has 2 aliphatic rings. The van der Waals surface area contributed by atoms with E-state index < -0.39 is 11.6 Å². The van der Waals surface area contributed by atoms with Gasteiger partial charge in [-0.05, 0) is 123 Å². The molecular formula is C29H37F3. The Morgan fingerprint density at radius 2 is 1.31 bits per heavy atom. The average Bonchev–Trinajstić information content (AvgIpc) is 2.81. The first kappa shape index (κ1) is 23.4. The maximum Gasteiger partial charge on any atom is 0.159 e. The number of hydrogen-bond donors (Lipinski definition) is 0. The van der Waals surface area contributed by atoms with Crippen LogP contribution in [0, 0.1) is 29.3 Å². The van der Waals surface area contributed by atoms with E-state index in [9.17, 15) is 13.2 Å². The molecule has 32 heavy (non-hydrogen) atoms. The van der Waals surface area contributed by atoms with Crippen molar-refractivity contribution in [2.45, 2.75) is 95.8 Å². The number of aryl methyl sites for hydroxylation is 1. The van der Waals surface area contributed by atoms with Crippen LogP contribution in [0.4, 0.5) is 13.2 Å². The first-order valence-corrected chi connectivity index (χ1v) is 12.8. The highest BCUT2D eigenvalue weighted by atomic mass is 19.2. The second-order valence-electron chi connectivity index (χ2n) is 10.2. The van der Waals surface area contributed by atoms with E-state index >= 15 is 0 Å². The molecule has 0 nitrogen and oxygen atoms in total. The van der Waals surface area contributed by atoms with E-state index in [1.54, 1.807) is 12.1 Å². The van der Waals surface area contributed by atoms with Crippen molar-refractivity contribution >= 4 is 0 Å². The van der Waals surface area contributed by atoms with Gasteiger partial charge >= 0.3 is 0 Å². The van der Waals surface area contributed by atoms with E-state index in [-0.39, 0.29) is 5.82 Å². The highest BCUT2D eigenvalue weighted by Crippen LogP contribution is 2.46. The summed E-state index contributed by atoms with van der Waals surface area (Å²) in [5, 5.41) is 0. The standard InChI is InChI=1S/C29H37F3/c1-2-3-4-5-20-6-16-26(28(31)18-20)24-13-11-22(12-14-24)21-7-9-23(10-8-21)25-15-17-27(30)29(32)19-25/h6,15-19,21-24H,2-5,7-14H2,1H3. The molecule has 0 unspecified atom stereocenters. The lowest BCUT2D eigenvalue weighted by Crippen LogP contribution is -2.25. The van der Waals surface area contributed by atoms with Crippen molar-refractivity contribution in [2.75, 3.05) is 0 Å². The molecule has 3 heteroatoms. The van der Waals surface area contributed by atoms with Gasteiger partial charge in [0.15, 0.2) is 11.6 Å². The first-order valence-electron chi connectivity index (χ1n) is 12.8. The summed E-state index contributed by atoms with van der Waals surface area (Å²) in [7, 11) is 0. The molecule has 2 aromatic rings. The zero-order valence-electron chi connectivity index (χ0n) is 19.4. The molecule has 0 atom stereocenters. The minimum absolute atomic E-state index is 0.00510. The topological polar surface area (TPSA) is 0 Å². The second kappa shape index (κ2) is 10.9.